The van der Waals surface area contributed by atoms with Gasteiger partial charge in [-0.15, -0.1) is 0 Å². The van der Waals surface area contributed by atoms with E-state index in [1.54, 1.807) is 9.80 Å². The second-order valence-electron chi connectivity index (χ2n) is 7.99. The van der Waals surface area contributed by atoms with E-state index in [4.69, 9.17) is 0 Å². The summed E-state index contributed by atoms with van der Waals surface area (Å²) in [5.74, 6) is -3.83. The number of amides is 2. The molecule has 28 heavy (non-hydrogen) atoms. The van der Waals surface area contributed by atoms with E-state index in [-0.39, 0.29) is 60.7 Å². The second kappa shape index (κ2) is 7.04. The fourth-order valence-corrected chi connectivity index (χ4v) is 4.57. The number of nitrogens with zero attached hydrogens (tertiary/aromatic N) is 2. The van der Waals surface area contributed by atoms with Crippen molar-refractivity contribution < 1.29 is 22.8 Å². The molecule has 2 saturated heterocycles. The molecule has 0 saturated carbocycles. The van der Waals surface area contributed by atoms with Crippen LogP contribution in [0.5, 0.6) is 0 Å². The molecule has 2 fully saturated rings. The van der Waals surface area contributed by atoms with Crippen molar-refractivity contribution in [2.75, 3.05) is 18.0 Å². The summed E-state index contributed by atoms with van der Waals surface area (Å²) in [6, 6.07) is -0.632. The van der Waals surface area contributed by atoms with Gasteiger partial charge in [-0.05, 0) is 20.3 Å². The van der Waals surface area contributed by atoms with Crippen molar-refractivity contribution >= 4 is 17.5 Å². The SMILES string of the molecule is CC1CN(c2c(F)c(F)c3c(c2F)CN(C2CCC(=O)NC2=O)C3)CC(C)N1. The van der Waals surface area contributed by atoms with Gasteiger partial charge in [-0.1, -0.05) is 0 Å². The molecule has 3 atom stereocenters. The van der Waals surface area contributed by atoms with Gasteiger partial charge >= 0.3 is 0 Å². The Hall–Kier alpha value is -2.13. The Labute approximate surface area is 161 Å². The fourth-order valence-electron chi connectivity index (χ4n) is 4.57. The van der Waals surface area contributed by atoms with Crippen molar-refractivity contribution in [2.45, 2.75) is 57.9 Å². The largest absolute Gasteiger partial charge is 0.364 e. The van der Waals surface area contributed by atoms with Crippen LogP contribution in [0.15, 0.2) is 0 Å². The molecule has 3 aliphatic rings. The van der Waals surface area contributed by atoms with Gasteiger partial charge in [-0.3, -0.25) is 19.8 Å². The molecule has 4 rings (SSSR count). The number of carbonyl (C=O) groups is 2. The summed E-state index contributed by atoms with van der Waals surface area (Å²) >= 11 is 0. The zero-order valence-electron chi connectivity index (χ0n) is 15.8. The Morgan fingerprint density at radius 1 is 0.929 bits per heavy atom. The molecule has 3 unspecified atom stereocenters. The van der Waals surface area contributed by atoms with E-state index in [0.717, 1.165) is 0 Å². The minimum Gasteiger partial charge on any atom is -0.364 e. The number of piperazine rings is 1. The van der Waals surface area contributed by atoms with Crippen LogP contribution < -0.4 is 15.5 Å². The standard InChI is InChI=1S/C19H23F3N4O2/c1-9-5-26(6-10(2)23-9)18-16(21)12-8-25(7-11(12)15(20)17(18)22)13-3-4-14(27)24-19(13)28/h9-10,13,23H,3-8H2,1-2H3,(H,24,27,28). The number of carbonyl (C=O) groups excluding carboxylic acids is 2. The number of piperidine rings is 1. The maximum absolute atomic E-state index is 15.3. The van der Waals surface area contributed by atoms with Crippen LogP contribution in [-0.2, 0) is 22.7 Å². The third-order valence-corrected chi connectivity index (χ3v) is 5.75. The molecule has 152 valence electrons. The molecule has 0 radical (unpaired) electrons. The first kappa shape index (κ1) is 19.2. The van der Waals surface area contributed by atoms with Crippen LogP contribution in [0.2, 0.25) is 0 Å². The van der Waals surface area contributed by atoms with Crippen molar-refractivity contribution in [1.82, 2.24) is 15.5 Å². The zero-order valence-corrected chi connectivity index (χ0v) is 15.8. The lowest BCUT2D eigenvalue weighted by molar-refractivity contribution is -0.137. The van der Waals surface area contributed by atoms with Crippen LogP contribution in [0.4, 0.5) is 18.9 Å². The van der Waals surface area contributed by atoms with Crippen LogP contribution >= 0.6 is 0 Å². The molecular weight excluding hydrogens is 373 g/mol. The van der Waals surface area contributed by atoms with E-state index in [2.05, 4.69) is 10.6 Å². The Morgan fingerprint density at radius 3 is 2.14 bits per heavy atom. The number of anilines is 1. The van der Waals surface area contributed by atoms with Gasteiger partial charge in [-0.25, -0.2) is 13.2 Å². The molecule has 6 nitrogen and oxygen atoms in total. The summed E-state index contributed by atoms with van der Waals surface area (Å²) in [6.45, 7) is 4.51. The Morgan fingerprint density at radius 2 is 1.54 bits per heavy atom. The predicted molar refractivity (Wildman–Crippen MR) is 96.0 cm³/mol. The third-order valence-electron chi connectivity index (χ3n) is 5.75. The summed E-state index contributed by atoms with van der Waals surface area (Å²) in [7, 11) is 0. The Kier molecular flexibility index (Phi) is 4.83. The minimum atomic E-state index is -1.18. The van der Waals surface area contributed by atoms with Crippen molar-refractivity contribution in [3.63, 3.8) is 0 Å². The molecule has 1 aromatic carbocycles. The van der Waals surface area contributed by atoms with E-state index < -0.39 is 29.4 Å². The molecule has 1 aromatic rings. The highest BCUT2D eigenvalue weighted by atomic mass is 19.2. The van der Waals surface area contributed by atoms with E-state index in [9.17, 15) is 18.4 Å². The van der Waals surface area contributed by atoms with Gasteiger partial charge < -0.3 is 10.2 Å². The third kappa shape index (κ3) is 3.16. The monoisotopic (exact) mass is 396 g/mol. The van der Waals surface area contributed by atoms with Gasteiger partial charge in [-0.2, -0.15) is 0 Å². The van der Waals surface area contributed by atoms with Gasteiger partial charge in [0.15, 0.2) is 17.5 Å². The maximum Gasteiger partial charge on any atom is 0.243 e. The Balaban J connectivity index is 1.66. The predicted octanol–water partition coefficient (Wildman–Crippen LogP) is 1.41. The smallest absolute Gasteiger partial charge is 0.243 e. The lowest BCUT2D eigenvalue weighted by atomic mass is 10.0. The average molecular weight is 396 g/mol. The van der Waals surface area contributed by atoms with Crippen molar-refractivity contribution in [1.29, 1.82) is 0 Å². The van der Waals surface area contributed by atoms with E-state index in [1.165, 1.54) is 0 Å². The molecule has 3 heterocycles. The van der Waals surface area contributed by atoms with Crippen LogP contribution in [0.25, 0.3) is 0 Å². The van der Waals surface area contributed by atoms with Crippen molar-refractivity contribution in [3.05, 3.63) is 28.6 Å². The molecule has 2 N–H and O–H groups in total. The molecule has 0 bridgehead atoms. The molecule has 3 aliphatic heterocycles. The van der Waals surface area contributed by atoms with Crippen LogP contribution in [0, 0.1) is 17.5 Å². The summed E-state index contributed by atoms with van der Waals surface area (Å²) in [4.78, 5) is 26.6. The number of halogens is 3. The van der Waals surface area contributed by atoms with Gasteiger partial charge in [0.05, 0.1) is 6.04 Å². The van der Waals surface area contributed by atoms with Crippen molar-refractivity contribution in [3.8, 4) is 0 Å². The number of rotatable bonds is 2. The zero-order chi connectivity index (χ0) is 20.2. The summed E-state index contributed by atoms with van der Waals surface area (Å²) in [6.07, 6.45) is 0.453. The highest BCUT2D eigenvalue weighted by Gasteiger charge is 2.40. The summed E-state index contributed by atoms with van der Waals surface area (Å²) in [5.41, 5.74) is -0.279. The van der Waals surface area contributed by atoms with Crippen molar-refractivity contribution in [2.24, 2.45) is 0 Å². The number of benzene rings is 1. The first-order valence-corrected chi connectivity index (χ1v) is 9.53. The maximum atomic E-state index is 15.3. The average Bonchev–Trinajstić information content (AvgIpc) is 3.05. The second-order valence-corrected chi connectivity index (χ2v) is 7.99. The van der Waals surface area contributed by atoms with Crippen LogP contribution in [0.1, 0.15) is 37.8 Å². The molecule has 9 heteroatoms. The lowest BCUT2D eigenvalue weighted by Gasteiger charge is -2.38. The first-order chi connectivity index (χ1) is 13.3. The van der Waals surface area contributed by atoms with Gasteiger partial charge in [0.2, 0.25) is 11.8 Å². The molecule has 0 aliphatic carbocycles. The molecular formula is C19H23F3N4O2. The topological polar surface area (TPSA) is 64.7 Å². The fraction of sp³-hybridized carbons (Fsp3) is 0.579. The van der Waals surface area contributed by atoms with Gasteiger partial charge in [0, 0.05) is 55.8 Å². The highest BCUT2D eigenvalue weighted by Crippen LogP contribution is 2.38. The van der Waals surface area contributed by atoms with E-state index in [1.807, 2.05) is 13.8 Å². The highest BCUT2D eigenvalue weighted by molar-refractivity contribution is 6.00. The van der Waals surface area contributed by atoms with E-state index >= 15 is 4.39 Å². The molecule has 2 amide bonds. The normalized spacial score (nSPS) is 28.5. The summed E-state index contributed by atoms with van der Waals surface area (Å²) in [5, 5.41) is 5.53. The van der Waals surface area contributed by atoms with Gasteiger partial charge in [0.1, 0.15) is 5.69 Å². The van der Waals surface area contributed by atoms with Crippen LogP contribution in [-0.4, -0.2) is 47.9 Å². The number of nitrogens with one attached hydrogen (secondary N) is 2. The lowest BCUT2D eigenvalue weighted by Crippen LogP contribution is -2.54. The molecule has 0 aromatic heterocycles. The first-order valence-electron chi connectivity index (χ1n) is 9.53. The minimum absolute atomic E-state index is 0.00877. The van der Waals surface area contributed by atoms with Gasteiger partial charge in [0.25, 0.3) is 0 Å². The number of imide groups is 1. The number of fused-ring (bicyclic) bond motifs is 1. The van der Waals surface area contributed by atoms with Crippen LogP contribution in [0.3, 0.4) is 0 Å². The van der Waals surface area contributed by atoms with E-state index in [0.29, 0.717) is 13.1 Å². The number of hydrogen-bond donors (Lipinski definition) is 2. The Bertz CT molecular complexity index is 837. The quantitative estimate of drug-likeness (QED) is 0.585. The molecule has 0 spiro atoms. The number of hydrogen-bond acceptors (Lipinski definition) is 5. The summed E-state index contributed by atoms with van der Waals surface area (Å²) < 4.78 is 45.0.